The second kappa shape index (κ2) is 22.8. The molecule has 0 radical (unpaired) electrons. The fraction of sp³-hybridized carbons (Fsp3) is 0.487. The Bertz CT molecular complexity index is 3590. The highest BCUT2D eigenvalue weighted by atomic mass is 31.3. The molecule has 0 spiro atoms. The first-order valence-corrected chi connectivity index (χ1v) is 29.2. The highest BCUT2D eigenvalue weighted by Crippen LogP contribution is 2.68. The minimum Gasteiger partial charge on any atom is -0.778 e. The summed E-state index contributed by atoms with van der Waals surface area (Å²) in [6.07, 6.45) is -12.2. The number of benzene rings is 1. The van der Waals surface area contributed by atoms with Crippen LogP contribution in [0.4, 0.5) is 11.8 Å². The van der Waals surface area contributed by atoms with E-state index in [4.69, 9.17) is 48.7 Å². The third-order valence-electron chi connectivity index (χ3n) is 12.7. The number of hydrogen-bond donors (Lipinski definition) is 10. The number of fused-ring (bicyclic) bond motifs is 2. The summed E-state index contributed by atoms with van der Waals surface area (Å²) >= 11 is 0. The summed E-state index contributed by atoms with van der Waals surface area (Å²) in [5, 5.41) is 33.1. The van der Waals surface area contributed by atoms with Crippen molar-refractivity contribution in [3.8, 4) is 5.75 Å². The second-order valence-corrected chi connectivity index (χ2v) is 24.4. The smallest absolute Gasteiger partial charge is 0.490 e. The number of nitrogens with two attached hydrogens (primary N) is 2. The summed E-state index contributed by atoms with van der Waals surface area (Å²) < 4.78 is 112. The van der Waals surface area contributed by atoms with Crippen LogP contribution in [0.2, 0.25) is 0 Å². The number of aromatic nitrogens is 10. The van der Waals surface area contributed by atoms with Gasteiger partial charge in [0.25, 0.3) is 17.1 Å². The van der Waals surface area contributed by atoms with E-state index in [1.54, 1.807) is 6.07 Å². The molecule has 430 valence electrons. The standard InChI is InChI=1S/C39H50N12O24P4/c1-48-17-51(33-25(48)34(56)47-38(41)46-33)35-26(53)19(9-11-66-2)20(71-35)12-68-77(60,61)74-79(64,65)75-78(62,63)69-14-22-30(76(58,59)67-13-21-27(54)28(55)36(72-21)49-10-8-23(52)45-39(49)57)29(70-18-6-4-3-5-7-18)37(73-22)50-16-44-24-31(40)42-15-43-32(24)50/h3-8,10,15-17,19-22,26-30,35-37,53-55H,9,11-14H2,1-2H3,(H9-,40,41,42,43,45,46,47,52,56,57,58,59,60,61,62,63,64,65)/t19-,20-,21-,22-,26-,27-,28-,29-,30-,35-,36-,37-/m1/s1. The van der Waals surface area contributed by atoms with Crippen LogP contribution in [0.3, 0.4) is 0 Å². The van der Waals surface area contributed by atoms with Gasteiger partial charge < -0.3 is 79.1 Å². The number of aliphatic hydroxyl groups excluding tert-OH is 3. The topological polar surface area (TPSA) is 510 Å². The number of aromatic amines is 2. The van der Waals surface area contributed by atoms with Crippen molar-refractivity contribution >= 4 is 65.2 Å². The van der Waals surface area contributed by atoms with Crippen LogP contribution in [0.25, 0.3) is 22.3 Å². The molecule has 9 rings (SSSR count). The Balaban J connectivity index is 0.929. The van der Waals surface area contributed by atoms with Gasteiger partial charge in [-0.15, -0.1) is 0 Å². The number of aryl methyl sites for hydroxylation is 1. The van der Waals surface area contributed by atoms with Gasteiger partial charge in [-0.05, 0) is 18.6 Å². The monoisotopic (exact) mass is 1190 g/mol. The Hall–Kier alpha value is -5.52. The number of para-hydroxylation sites is 1. The summed E-state index contributed by atoms with van der Waals surface area (Å²) in [5.41, 5.74) is 7.13. The fourth-order valence-electron chi connectivity index (χ4n) is 9.20. The molecule has 3 aliphatic heterocycles. The van der Waals surface area contributed by atoms with Crippen molar-refractivity contribution in [2.24, 2.45) is 13.0 Å². The highest BCUT2D eigenvalue weighted by Gasteiger charge is 2.56. The summed E-state index contributed by atoms with van der Waals surface area (Å²) in [7, 11) is -20.9. The number of anilines is 2. The quantitative estimate of drug-likeness (QED) is 0.0244. The third kappa shape index (κ3) is 12.4. The van der Waals surface area contributed by atoms with E-state index >= 15 is 0 Å². The summed E-state index contributed by atoms with van der Waals surface area (Å²) in [6.45, 7) is -3.38. The number of nitrogens with zero attached hydrogens (tertiary/aromatic N) is 8. The van der Waals surface area contributed by atoms with Crippen LogP contribution in [0.15, 0.2) is 76.0 Å². The molecule has 36 nitrogen and oxygen atoms in total. The molecule has 79 heavy (non-hydrogen) atoms. The number of H-pyrrole nitrogens is 2. The molecule has 3 aliphatic rings. The number of rotatable bonds is 22. The van der Waals surface area contributed by atoms with Gasteiger partial charge in [0.05, 0.1) is 51.1 Å². The van der Waals surface area contributed by atoms with Crippen molar-refractivity contribution < 1.29 is 104 Å². The molecule has 5 aromatic heterocycles. The van der Waals surface area contributed by atoms with Crippen molar-refractivity contribution in [3.63, 3.8) is 0 Å². The van der Waals surface area contributed by atoms with E-state index in [1.165, 1.54) is 58.5 Å². The van der Waals surface area contributed by atoms with Crippen molar-refractivity contribution in [2.45, 2.75) is 73.5 Å². The first-order chi connectivity index (χ1) is 37.3. The van der Waals surface area contributed by atoms with Gasteiger partial charge in [-0.25, -0.2) is 38.0 Å². The fourth-order valence-corrected chi connectivity index (χ4v) is 14.4. The van der Waals surface area contributed by atoms with Crippen molar-refractivity contribution in [1.82, 2.24) is 43.6 Å². The van der Waals surface area contributed by atoms with Crippen molar-refractivity contribution in [2.75, 3.05) is 45.0 Å². The Morgan fingerprint density at radius 2 is 1.47 bits per heavy atom. The predicted octanol–water partition coefficient (Wildman–Crippen LogP) is -2.71. The van der Waals surface area contributed by atoms with E-state index in [0.717, 1.165) is 29.5 Å². The van der Waals surface area contributed by atoms with Gasteiger partial charge >= 0.3 is 34.8 Å². The van der Waals surface area contributed by atoms with Crippen LogP contribution in [0.1, 0.15) is 25.1 Å². The van der Waals surface area contributed by atoms with E-state index in [2.05, 4.69) is 33.5 Å². The molecule has 3 fully saturated rings. The molecular weight excluding hydrogens is 1140 g/mol. The van der Waals surface area contributed by atoms with Gasteiger partial charge in [-0.2, -0.15) is 8.62 Å². The first-order valence-electron chi connectivity index (χ1n) is 23.1. The lowest BCUT2D eigenvalue weighted by molar-refractivity contribution is -0.745. The zero-order valence-corrected chi connectivity index (χ0v) is 44.4. The molecule has 0 saturated carbocycles. The second-order valence-electron chi connectivity index (χ2n) is 17.9. The molecule has 40 heteroatoms. The molecule has 3 saturated heterocycles. The van der Waals surface area contributed by atoms with Crippen LogP contribution >= 0.6 is 31.1 Å². The van der Waals surface area contributed by atoms with Crippen molar-refractivity contribution in [3.05, 3.63) is 92.8 Å². The molecule has 0 amide bonds. The average molecular weight is 1190 g/mol. The van der Waals surface area contributed by atoms with E-state index < -0.39 is 141 Å². The molecule has 0 aliphatic carbocycles. The predicted molar refractivity (Wildman–Crippen MR) is 258 cm³/mol. The molecule has 6 aromatic rings. The van der Waals surface area contributed by atoms with E-state index in [1.807, 2.05) is 4.98 Å². The number of aliphatic hydroxyl groups is 3. The lowest BCUT2D eigenvalue weighted by Gasteiger charge is -2.36. The summed E-state index contributed by atoms with van der Waals surface area (Å²) in [4.78, 5) is 104. The van der Waals surface area contributed by atoms with Crippen LogP contribution < -0.4 is 42.5 Å². The molecule has 8 heterocycles. The number of imidazole rings is 2. The van der Waals surface area contributed by atoms with Gasteiger partial charge in [-0.1, -0.05) is 23.2 Å². The van der Waals surface area contributed by atoms with Gasteiger partial charge in [0.2, 0.25) is 11.7 Å². The van der Waals surface area contributed by atoms with Crippen molar-refractivity contribution in [1.29, 1.82) is 0 Å². The molecule has 16 atom stereocenters. The highest BCUT2D eigenvalue weighted by molar-refractivity contribution is 7.66. The van der Waals surface area contributed by atoms with Crippen LogP contribution in [-0.4, -0.2) is 156 Å². The Morgan fingerprint density at radius 1 is 0.797 bits per heavy atom. The molecule has 1 aromatic carbocycles. The maximum Gasteiger partial charge on any atom is 0.490 e. The van der Waals surface area contributed by atoms with Gasteiger partial charge in [0.1, 0.15) is 49.6 Å². The number of phosphoric acid groups is 3. The lowest BCUT2D eigenvalue weighted by Crippen LogP contribution is -2.45. The Kier molecular flexibility index (Phi) is 16.8. The van der Waals surface area contributed by atoms with E-state index in [0.29, 0.717) is 0 Å². The first kappa shape index (κ1) is 58.1. The number of nitrogens with one attached hydrogen (secondary N) is 2. The number of nitrogen functional groups attached to an aromatic ring is 2. The molecule has 4 unspecified atom stereocenters. The molecule has 0 bridgehead atoms. The maximum absolute atomic E-state index is 14.6. The summed E-state index contributed by atoms with van der Waals surface area (Å²) in [5.74, 6) is -1.31. The third-order valence-corrected chi connectivity index (χ3v) is 18.8. The van der Waals surface area contributed by atoms with Crippen LogP contribution in [-0.2, 0) is 66.4 Å². The Labute approximate surface area is 441 Å². The Morgan fingerprint density at radius 3 is 2.15 bits per heavy atom. The van der Waals surface area contributed by atoms with Gasteiger partial charge in [0, 0.05) is 31.9 Å². The number of hydrogen-bond acceptors (Lipinski definition) is 27. The van der Waals surface area contributed by atoms with Gasteiger partial charge in [0.15, 0.2) is 36.4 Å². The van der Waals surface area contributed by atoms with E-state index in [9.17, 15) is 67.5 Å². The van der Waals surface area contributed by atoms with Gasteiger partial charge in [-0.3, -0.25) is 42.3 Å². The number of phosphoric ester groups is 2. The zero-order valence-electron chi connectivity index (χ0n) is 40.8. The average Bonchev–Trinajstić information content (AvgIpc) is 4.23. The minimum absolute atomic E-state index is 0.00677. The lowest BCUT2D eigenvalue weighted by atomic mass is 9.95. The maximum atomic E-state index is 14.6. The number of ether oxygens (including phenoxy) is 5. The SMILES string of the molecule is COCC[C@H]1[C@@H](O)[C@H]([n+]2cn(C)c3c(=O)[nH]c(N)nc32)O[C@@H]1COP(=O)(O)OP(=O)(O)OP(=O)(O)OC[C@H]1O[C@@H](n2cnc3c(N)ncnc32)[C@H](Oc2ccccc2)[C@@H]1P(=O)([O-])OC[C@H]1O[C@@H](n2ccc(=O)[nH]c2=O)[C@H](O)[C@@H]1O. The molecular formula is C39H50N12O24P4. The zero-order chi connectivity index (χ0) is 56.9. The normalized spacial score (nSPS) is 29.3. The largest absolute Gasteiger partial charge is 0.778 e. The van der Waals surface area contributed by atoms with Crippen LogP contribution in [0.5, 0.6) is 5.75 Å². The van der Waals surface area contributed by atoms with Crippen LogP contribution in [0, 0.1) is 5.92 Å². The summed E-state index contributed by atoms with van der Waals surface area (Å²) in [6, 6.07) is 8.42. The minimum atomic E-state index is -6.24. The molecule has 12 N–H and O–H groups in total. The van der Waals surface area contributed by atoms with E-state index in [-0.39, 0.29) is 52.9 Å². The number of methoxy groups -OCH3 is 1.